The number of anilines is 1. The van der Waals surface area contributed by atoms with E-state index in [-0.39, 0.29) is 11.3 Å². The Hall–Kier alpha value is -0.480. The van der Waals surface area contributed by atoms with Crippen molar-refractivity contribution < 1.29 is 4.79 Å². The van der Waals surface area contributed by atoms with Crippen molar-refractivity contribution in [1.29, 1.82) is 0 Å². The summed E-state index contributed by atoms with van der Waals surface area (Å²) in [6, 6.07) is 3.12. The molecule has 1 saturated carbocycles. The van der Waals surface area contributed by atoms with Gasteiger partial charge in [-0.1, -0.05) is 54.1 Å². The maximum atomic E-state index is 12.3. The molecule has 3 N–H and O–H groups in total. The fourth-order valence-corrected chi connectivity index (χ4v) is 3.85. The Morgan fingerprint density at radius 3 is 2.24 bits per heavy atom. The predicted molar refractivity (Wildman–Crippen MR) is 89.3 cm³/mol. The minimum atomic E-state index is -0.103. The molecule has 0 saturated heterocycles. The molecule has 0 atom stereocenters. The molecule has 1 aromatic rings. The number of nitrogens with one attached hydrogen (secondary N) is 1. The molecular formula is C15H19Cl3N2O. The highest BCUT2D eigenvalue weighted by Crippen LogP contribution is 2.39. The van der Waals surface area contributed by atoms with Crippen LogP contribution in [0.3, 0.4) is 0 Å². The van der Waals surface area contributed by atoms with Crippen molar-refractivity contribution in [2.24, 2.45) is 11.1 Å². The fraction of sp³-hybridized carbons (Fsp3) is 0.533. The molecule has 0 aromatic heterocycles. The van der Waals surface area contributed by atoms with Crippen LogP contribution in [-0.4, -0.2) is 12.5 Å². The SMILES string of the molecule is NCC1(CC(=O)Nc2c(Cl)cc(Cl)cc2Cl)CCCCC1. The van der Waals surface area contributed by atoms with Gasteiger partial charge in [-0.25, -0.2) is 0 Å². The lowest BCUT2D eigenvalue weighted by Crippen LogP contribution is -2.36. The van der Waals surface area contributed by atoms with Crippen molar-refractivity contribution >= 4 is 46.4 Å². The zero-order valence-corrected chi connectivity index (χ0v) is 14.0. The van der Waals surface area contributed by atoms with Crippen LogP contribution in [0, 0.1) is 5.41 Å². The summed E-state index contributed by atoms with van der Waals surface area (Å²) >= 11 is 18.0. The molecule has 0 bridgehead atoms. The van der Waals surface area contributed by atoms with Crippen LogP contribution in [0.15, 0.2) is 12.1 Å². The predicted octanol–water partition coefficient (Wildman–Crippen LogP) is 4.88. The third-order valence-corrected chi connectivity index (χ3v) is 4.97. The minimum absolute atomic E-state index is 0.0896. The second-order valence-corrected chi connectivity index (χ2v) is 6.99. The fourth-order valence-electron chi connectivity index (χ4n) is 2.94. The lowest BCUT2D eigenvalue weighted by atomic mass is 9.71. The van der Waals surface area contributed by atoms with Crippen molar-refractivity contribution in [2.75, 3.05) is 11.9 Å². The van der Waals surface area contributed by atoms with E-state index in [1.54, 1.807) is 12.1 Å². The van der Waals surface area contributed by atoms with Gasteiger partial charge in [0.1, 0.15) is 0 Å². The molecule has 0 aliphatic heterocycles. The molecule has 1 aliphatic rings. The summed E-state index contributed by atoms with van der Waals surface area (Å²) in [5.41, 5.74) is 6.23. The first-order valence-electron chi connectivity index (χ1n) is 7.10. The normalized spacial score (nSPS) is 17.5. The van der Waals surface area contributed by atoms with Gasteiger partial charge in [0.2, 0.25) is 5.91 Å². The van der Waals surface area contributed by atoms with E-state index >= 15 is 0 Å². The first kappa shape index (κ1) is 16.9. The Balaban J connectivity index is 2.08. The first-order valence-corrected chi connectivity index (χ1v) is 8.24. The molecule has 116 valence electrons. The quantitative estimate of drug-likeness (QED) is 0.813. The van der Waals surface area contributed by atoms with Gasteiger partial charge in [0, 0.05) is 11.4 Å². The lowest BCUT2D eigenvalue weighted by Gasteiger charge is -2.35. The maximum absolute atomic E-state index is 12.3. The van der Waals surface area contributed by atoms with Crippen LogP contribution in [0.2, 0.25) is 15.1 Å². The summed E-state index contributed by atoms with van der Waals surface area (Å²) in [7, 11) is 0. The second kappa shape index (κ2) is 7.19. The molecule has 6 heteroatoms. The number of carbonyl (C=O) groups is 1. The number of carbonyl (C=O) groups excluding carboxylic acids is 1. The van der Waals surface area contributed by atoms with E-state index in [9.17, 15) is 4.79 Å². The van der Waals surface area contributed by atoms with Gasteiger partial charge in [-0.3, -0.25) is 4.79 Å². The third kappa shape index (κ3) is 4.26. The lowest BCUT2D eigenvalue weighted by molar-refractivity contribution is -0.118. The van der Waals surface area contributed by atoms with Gasteiger partial charge in [-0.05, 0) is 36.9 Å². The monoisotopic (exact) mass is 348 g/mol. The molecule has 1 fully saturated rings. The molecule has 0 radical (unpaired) electrons. The molecule has 2 rings (SSSR count). The minimum Gasteiger partial charge on any atom is -0.330 e. The summed E-state index contributed by atoms with van der Waals surface area (Å²) in [6.07, 6.45) is 5.88. The highest BCUT2D eigenvalue weighted by Gasteiger charge is 2.33. The van der Waals surface area contributed by atoms with Crippen LogP contribution in [0.4, 0.5) is 5.69 Å². The van der Waals surface area contributed by atoms with Gasteiger partial charge in [0.15, 0.2) is 0 Å². The summed E-state index contributed by atoms with van der Waals surface area (Å²) in [5, 5.41) is 3.91. The zero-order valence-electron chi connectivity index (χ0n) is 11.7. The van der Waals surface area contributed by atoms with Crippen LogP contribution in [0.5, 0.6) is 0 Å². The Bertz CT molecular complexity index is 505. The number of hydrogen-bond donors (Lipinski definition) is 2. The highest BCUT2D eigenvalue weighted by atomic mass is 35.5. The molecule has 1 aliphatic carbocycles. The van der Waals surface area contributed by atoms with E-state index in [2.05, 4.69) is 5.32 Å². The topological polar surface area (TPSA) is 55.1 Å². The molecule has 1 amide bonds. The largest absolute Gasteiger partial charge is 0.330 e. The maximum Gasteiger partial charge on any atom is 0.225 e. The Morgan fingerprint density at radius 2 is 1.71 bits per heavy atom. The summed E-state index contributed by atoms with van der Waals surface area (Å²) in [5.74, 6) is -0.103. The van der Waals surface area contributed by atoms with Crippen LogP contribution < -0.4 is 11.1 Å². The van der Waals surface area contributed by atoms with Crippen LogP contribution >= 0.6 is 34.8 Å². The van der Waals surface area contributed by atoms with Gasteiger partial charge in [0.05, 0.1) is 15.7 Å². The number of nitrogens with two attached hydrogens (primary N) is 1. The summed E-state index contributed by atoms with van der Waals surface area (Å²) < 4.78 is 0. The highest BCUT2D eigenvalue weighted by molar-refractivity contribution is 6.42. The van der Waals surface area contributed by atoms with Crippen molar-refractivity contribution in [3.63, 3.8) is 0 Å². The van der Waals surface area contributed by atoms with Crippen LogP contribution in [0.25, 0.3) is 0 Å². The van der Waals surface area contributed by atoms with Gasteiger partial charge in [-0.2, -0.15) is 0 Å². The molecule has 21 heavy (non-hydrogen) atoms. The van der Waals surface area contributed by atoms with E-state index < -0.39 is 0 Å². The smallest absolute Gasteiger partial charge is 0.225 e. The van der Waals surface area contributed by atoms with E-state index in [0.717, 1.165) is 25.7 Å². The van der Waals surface area contributed by atoms with E-state index in [0.29, 0.717) is 33.7 Å². The number of hydrogen-bond acceptors (Lipinski definition) is 2. The van der Waals surface area contributed by atoms with Gasteiger partial charge >= 0.3 is 0 Å². The molecule has 1 aromatic carbocycles. The molecular weight excluding hydrogens is 331 g/mol. The molecule has 0 heterocycles. The van der Waals surface area contributed by atoms with Gasteiger partial charge in [-0.15, -0.1) is 0 Å². The first-order chi connectivity index (χ1) is 9.96. The average Bonchev–Trinajstić information content (AvgIpc) is 2.44. The van der Waals surface area contributed by atoms with E-state index in [1.165, 1.54) is 6.42 Å². The van der Waals surface area contributed by atoms with Crippen LogP contribution in [-0.2, 0) is 4.79 Å². The third-order valence-electron chi connectivity index (χ3n) is 4.15. The van der Waals surface area contributed by atoms with Crippen molar-refractivity contribution in [3.05, 3.63) is 27.2 Å². The zero-order chi connectivity index (χ0) is 15.5. The van der Waals surface area contributed by atoms with Crippen LogP contribution in [0.1, 0.15) is 38.5 Å². The molecule has 0 unspecified atom stereocenters. The Labute approximate surface area is 140 Å². The number of halogens is 3. The number of benzene rings is 1. The summed E-state index contributed by atoms with van der Waals surface area (Å²) in [6.45, 7) is 0.530. The molecule has 3 nitrogen and oxygen atoms in total. The van der Waals surface area contributed by atoms with Crippen molar-refractivity contribution in [2.45, 2.75) is 38.5 Å². The van der Waals surface area contributed by atoms with Gasteiger partial charge < -0.3 is 11.1 Å². The number of amides is 1. The molecule has 0 spiro atoms. The second-order valence-electron chi connectivity index (χ2n) is 5.73. The van der Waals surface area contributed by atoms with E-state index in [1.807, 2.05) is 0 Å². The Kier molecular flexibility index (Phi) is 5.78. The van der Waals surface area contributed by atoms with Gasteiger partial charge in [0.25, 0.3) is 0 Å². The number of rotatable bonds is 4. The van der Waals surface area contributed by atoms with Crippen molar-refractivity contribution in [1.82, 2.24) is 0 Å². The van der Waals surface area contributed by atoms with Crippen molar-refractivity contribution in [3.8, 4) is 0 Å². The standard InChI is InChI=1S/C15H19Cl3N2O/c16-10-6-11(17)14(12(18)7-10)20-13(21)8-15(9-19)4-2-1-3-5-15/h6-7H,1-5,8-9,19H2,(H,20,21). The van der Waals surface area contributed by atoms with E-state index in [4.69, 9.17) is 40.5 Å². The summed E-state index contributed by atoms with van der Waals surface area (Å²) in [4.78, 5) is 12.3. The average molecular weight is 350 g/mol. The Morgan fingerprint density at radius 1 is 1.14 bits per heavy atom.